The molecule has 0 saturated carbocycles. The molecule has 0 amide bonds. The van der Waals surface area contributed by atoms with E-state index in [-0.39, 0.29) is 5.84 Å². The van der Waals surface area contributed by atoms with Crippen molar-refractivity contribution in [3.05, 3.63) is 76.7 Å². The molecule has 0 aliphatic carbocycles. The van der Waals surface area contributed by atoms with E-state index in [1.54, 1.807) is 0 Å². The first-order valence-electron chi connectivity index (χ1n) is 11.3. The summed E-state index contributed by atoms with van der Waals surface area (Å²) in [5, 5.41) is 16.1. The molecule has 33 heavy (non-hydrogen) atoms. The fourth-order valence-electron chi connectivity index (χ4n) is 4.91. The first kappa shape index (κ1) is 21.0. The van der Waals surface area contributed by atoms with E-state index >= 15 is 0 Å². The number of nitrogens with one attached hydrogen (secondary N) is 1. The normalized spacial score (nSPS) is 13.8. The Hall–Kier alpha value is -3.87. The zero-order valence-corrected chi connectivity index (χ0v) is 19.0. The Kier molecular flexibility index (Phi) is 5.46. The fourth-order valence-corrected chi connectivity index (χ4v) is 4.91. The van der Waals surface area contributed by atoms with Crippen LogP contribution < -0.4 is 11.1 Å². The highest BCUT2D eigenvalue weighted by Crippen LogP contribution is 2.33. The Balaban J connectivity index is 1.49. The van der Waals surface area contributed by atoms with Gasteiger partial charge in [-0.25, -0.2) is 9.97 Å². The molecule has 0 atom stereocenters. The number of aromatic nitrogens is 3. The van der Waals surface area contributed by atoms with E-state index in [0.717, 1.165) is 53.9 Å². The van der Waals surface area contributed by atoms with Crippen molar-refractivity contribution >= 4 is 22.7 Å². The van der Waals surface area contributed by atoms with Crippen LogP contribution in [-0.2, 0) is 19.5 Å². The minimum absolute atomic E-state index is 0.0986. The van der Waals surface area contributed by atoms with Crippen LogP contribution in [0.4, 0.5) is 5.82 Å². The molecule has 0 bridgehead atoms. The Bertz CT molecular complexity index is 1370. The monoisotopic (exact) mass is 440 g/mol. The van der Waals surface area contributed by atoms with Crippen molar-refractivity contribution in [3.8, 4) is 11.1 Å². The first-order valence-corrected chi connectivity index (χ1v) is 11.3. The number of aryl methyl sites for hydroxylation is 3. The number of hydrogen-bond acceptors (Lipinski definition) is 5. The highest BCUT2D eigenvalue weighted by molar-refractivity contribution is 6.10. The average molecular weight is 441 g/mol. The molecule has 5 rings (SSSR count). The maximum atomic E-state index is 9.34. The third kappa shape index (κ3) is 3.80. The molecule has 4 N–H and O–H groups in total. The number of rotatable bonds is 5. The molecule has 7 nitrogen and oxygen atoms in total. The minimum atomic E-state index is 0.0986. The van der Waals surface area contributed by atoms with Crippen LogP contribution in [0.25, 0.3) is 22.2 Å². The molecule has 2 aromatic heterocycles. The predicted molar refractivity (Wildman–Crippen MR) is 132 cm³/mol. The molecule has 2 aromatic carbocycles. The van der Waals surface area contributed by atoms with Crippen molar-refractivity contribution < 1.29 is 5.21 Å². The lowest BCUT2D eigenvalue weighted by Gasteiger charge is -2.18. The number of amidine groups is 1. The van der Waals surface area contributed by atoms with Crippen LogP contribution >= 0.6 is 0 Å². The third-order valence-electron chi connectivity index (χ3n) is 6.43. The van der Waals surface area contributed by atoms with Crippen molar-refractivity contribution in [3.63, 3.8) is 0 Å². The zero-order valence-electron chi connectivity index (χ0n) is 19.0. The van der Waals surface area contributed by atoms with Crippen molar-refractivity contribution in [1.82, 2.24) is 14.5 Å². The standard InChI is InChI=1S/C26H28N6O/c1-16-9-10-20(17(2)12-16)19-7-5-6-18(13-19)14-28-26-24-23(29-15-30-26)22(25(27)31-33)21-8-3-4-11-32(21)24/h5-7,9-10,12-13,15,33H,3-4,8,11,14H2,1-2H3,(H2,27,31)(H,28,29,30). The van der Waals surface area contributed by atoms with Gasteiger partial charge in [0.15, 0.2) is 11.7 Å². The summed E-state index contributed by atoms with van der Waals surface area (Å²) >= 11 is 0. The topological polar surface area (TPSA) is 101 Å². The molecule has 168 valence electrons. The van der Waals surface area contributed by atoms with Gasteiger partial charge in [0.1, 0.15) is 17.4 Å². The zero-order chi connectivity index (χ0) is 22.9. The highest BCUT2D eigenvalue weighted by atomic mass is 16.4. The van der Waals surface area contributed by atoms with Crippen LogP contribution in [0.15, 0.2) is 53.9 Å². The Morgan fingerprint density at radius 2 is 2.03 bits per heavy atom. The number of nitrogens with zero attached hydrogens (tertiary/aromatic N) is 4. The van der Waals surface area contributed by atoms with Gasteiger partial charge in [-0.2, -0.15) is 0 Å². The molecule has 3 heterocycles. The summed E-state index contributed by atoms with van der Waals surface area (Å²) < 4.78 is 2.22. The SMILES string of the molecule is Cc1ccc(-c2cccc(CNc3ncnc4c(/C(N)=N\O)c5n(c34)CCCC5)c2)c(C)c1. The van der Waals surface area contributed by atoms with Crippen molar-refractivity contribution in [2.45, 2.75) is 46.2 Å². The number of hydrogen-bond donors (Lipinski definition) is 3. The molecule has 0 spiro atoms. The van der Waals surface area contributed by atoms with Gasteiger partial charge >= 0.3 is 0 Å². The van der Waals surface area contributed by atoms with Gasteiger partial charge in [0.2, 0.25) is 0 Å². The lowest BCUT2D eigenvalue weighted by atomic mass is 9.97. The smallest absolute Gasteiger partial charge is 0.174 e. The van der Waals surface area contributed by atoms with Crippen LogP contribution in [0.2, 0.25) is 0 Å². The van der Waals surface area contributed by atoms with Gasteiger partial charge in [-0.3, -0.25) is 0 Å². The Labute approximate surface area is 193 Å². The molecule has 0 saturated heterocycles. The van der Waals surface area contributed by atoms with Gasteiger partial charge < -0.3 is 20.8 Å². The number of benzene rings is 2. The van der Waals surface area contributed by atoms with E-state index in [9.17, 15) is 5.21 Å². The lowest BCUT2D eigenvalue weighted by molar-refractivity contribution is 0.318. The molecule has 0 unspecified atom stereocenters. The van der Waals surface area contributed by atoms with Crippen molar-refractivity contribution in [1.29, 1.82) is 0 Å². The van der Waals surface area contributed by atoms with Gasteiger partial charge in [0.25, 0.3) is 0 Å². The minimum Gasteiger partial charge on any atom is -0.409 e. The van der Waals surface area contributed by atoms with Gasteiger partial charge in [0, 0.05) is 18.8 Å². The molecular formula is C26H28N6O. The first-order chi connectivity index (χ1) is 16.1. The second kappa shape index (κ2) is 8.58. The van der Waals surface area contributed by atoms with Crippen LogP contribution in [0, 0.1) is 13.8 Å². The van der Waals surface area contributed by atoms with E-state index in [2.05, 4.69) is 81.3 Å². The molecule has 1 aliphatic heterocycles. The second-order valence-electron chi connectivity index (χ2n) is 8.71. The van der Waals surface area contributed by atoms with Gasteiger partial charge in [-0.05, 0) is 61.4 Å². The second-order valence-corrected chi connectivity index (χ2v) is 8.71. The Morgan fingerprint density at radius 3 is 2.85 bits per heavy atom. The summed E-state index contributed by atoms with van der Waals surface area (Å²) in [6, 6.07) is 15.1. The third-order valence-corrected chi connectivity index (χ3v) is 6.43. The summed E-state index contributed by atoms with van der Waals surface area (Å²) in [4.78, 5) is 9.04. The Morgan fingerprint density at radius 1 is 1.15 bits per heavy atom. The molecular weight excluding hydrogens is 412 g/mol. The largest absolute Gasteiger partial charge is 0.409 e. The quantitative estimate of drug-likeness (QED) is 0.180. The highest BCUT2D eigenvalue weighted by Gasteiger charge is 2.25. The number of oxime groups is 1. The maximum absolute atomic E-state index is 9.34. The van der Waals surface area contributed by atoms with Crippen LogP contribution in [0.3, 0.4) is 0 Å². The summed E-state index contributed by atoms with van der Waals surface area (Å²) in [5.41, 5.74) is 15.6. The van der Waals surface area contributed by atoms with Gasteiger partial charge in [-0.15, -0.1) is 0 Å². The van der Waals surface area contributed by atoms with Crippen LogP contribution in [0.5, 0.6) is 0 Å². The van der Waals surface area contributed by atoms with Crippen LogP contribution in [-0.4, -0.2) is 25.6 Å². The van der Waals surface area contributed by atoms with Gasteiger partial charge in [-0.1, -0.05) is 47.1 Å². The van der Waals surface area contributed by atoms with E-state index in [4.69, 9.17) is 5.73 Å². The van der Waals surface area contributed by atoms with Gasteiger partial charge in [0.05, 0.1) is 5.56 Å². The number of fused-ring (bicyclic) bond motifs is 3. The molecule has 0 fully saturated rings. The maximum Gasteiger partial charge on any atom is 0.174 e. The van der Waals surface area contributed by atoms with E-state index in [1.165, 1.54) is 34.1 Å². The molecule has 0 radical (unpaired) electrons. The average Bonchev–Trinajstić information content (AvgIpc) is 3.17. The molecule has 7 heteroatoms. The predicted octanol–water partition coefficient (Wildman–Crippen LogP) is 4.76. The van der Waals surface area contributed by atoms with E-state index < -0.39 is 0 Å². The van der Waals surface area contributed by atoms with E-state index in [1.807, 2.05) is 0 Å². The number of anilines is 1. The van der Waals surface area contributed by atoms with E-state index in [0.29, 0.717) is 6.54 Å². The van der Waals surface area contributed by atoms with Crippen molar-refractivity contribution in [2.24, 2.45) is 10.9 Å². The fraction of sp³-hybridized carbons (Fsp3) is 0.269. The summed E-state index contributed by atoms with van der Waals surface area (Å²) in [7, 11) is 0. The summed E-state index contributed by atoms with van der Waals surface area (Å²) in [6.45, 7) is 5.77. The molecule has 4 aromatic rings. The van der Waals surface area contributed by atoms with Crippen molar-refractivity contribution in [2.75, 3.05) is 5.32 Å². The lowest BCUT2D eigenvalue weighted by Crippen LogP contribution is -2.18. The number of nitrogens with two attached hydrogens (primary N) is 1. The molecule has 1 aliphatic rings. The summed E-state index contributed by atoms with van der Waals surface area (Å²) in [5.74, 6) is 0.860. The van der Waals surface area contributed by atoms with Crippen LogP contribution in [0.1, 0.15) is 40.8 Å². The summed E-state index contributed by atoms with van der Waals surface area (Å²) in [6.07, 6.45) is 4.57.